The third kappa shape index (κ3) is 21.2. The summed E-state index contributed by atoms with van der Waals surface area (Å²) in [6, 6.07) is 0. The van der Waals surface area contributed by atoms with Gasteiger partial charge in [-0.05, 0) is 25.7 Å². The SMILES string of the molecule is CCCCOC(=O)CCCCCCCCCCCCCCC(=O)OCCCC. The summed E-state index contributed by atoms with van der Waals surface area (Å²) in [4.78, 5) is 22.9. The van der Waals surface area contributed by atoms with Crippen molar-refractivity contribution >= 4 is 11.9 Å². The summed E-state index contributed by atoms with van der Waals surface area (Å²) in [5.74, 6) is -0.0522. The third-order valence-corrected chi connectivity index (χ3v) is 5.03. The molecule has 166 valence electrons. The summed E-state index contributed by atoms with van der Waals surface area (Å²) >= 11 is 0. The second-order valence-electron chi connectivity index (χ2n) is 7.89. The van der Waals surface area contributed by atoms with Crippen LogP contribution in [0.25, 0.3) is 0 Å². The minimum Gasteiger partial charge on any atom is -0.466 e. The molecule has 0 aliphatic heterocycles. The van der Waals surface area contributed by atoms with Crippen LogP contribution in [0, 0.1) is 0 Å². The van der Waals surface area contributed by atoms with Gasteiger partial charge in [-0.2, -0.15) is 0 Å². The first-order chi connectivity index (χ1) is 13.7. The third-order valence-electron chi connectivity index (χ3n) is 5.03. The lowest BCUT2D eigenvalue weighted by Gasteiger charge is -2.05. The molecule has 0 spiro atoms. The second-order valence-corrected chi connectivity index (χ2v) is 7.89. The average molecular weight is 399 g/mol. The smallest absolute Gasteiger partial charge is 0.305 e. The van der Waals surface area contributed by atoms with Crippen LogP contribution < -0.4 is 0 Å². The molecule has 0 aromatic heterocycles. The molecule has 0 heterocycles. The van der Waals surface area contributed by atoms with Gasteiger partial charge in [-0.3, -0.25) is 9.59 Å². The molecule has 0 saturated carbocycles. The molecule has 28 heavy (non-hydrogen) atoms. The summed E-state index contributed by atoms with van der Waals surface area (Å²) in [6.45, 7) is 5.37. The highest BCUT2D eigenvalue weighted by Gasteiger charge is 2.03. The van der Waals surface area contributed by atoms with Crippen LogP contribution in [0.1, 0.15) is 129 Å². The molecular weight excluding hydrogens is 352 g/mol. The van der Waals surface area contributed by atoms with Gasteiger partial charge in [-0.15, -0.1) is 0 Å². The van der Waals surface area contributed by atoms with E-state index in [0.29, 0.717) is 26.1 Å². The van der Waals surface area contributed by atoms with Crippen LogP contribution in [-0.4, -0.2) is 25.2 Å². The Kier molecular flexibility index (Phi) is 21.4. The van der Waals surface area contributed by atoms with Gasteiger partial charge in [0, 0.05) is 12.8 Å². The minimum atomic E-state index is -0.0261. The van der Waals surface area contributed by atoms with Crippen molar-refractivity contribution in [1.29, 1.82) is 0 Å². The van der Waals surface area contributed by atoms with E-state index >= 15 is 0 Å². The van der Waals surface area contributed by atoms with Crippen molar-refractivity contribution in [2.75, 3.05) is 13.2 Å². The van der Waals surface area contributed by atoms with Crippen LogP contribution in [0.5, 0.6) is 0 Å². The van der Waals surface area contributed by atoms with Gasteiger partial charge in [0.2, 0.25) is 0 Å². The van der Waals surface area contributed by atoms with Crippen molar-refractivity contribution in [3.05, 3.63) is 0 Å². The Balaban J connectivity index is 3.16. The Morgan fingerprint density at radius 3 is 1.04 bits per heavy atom. The van der Waals surface area contributed by atoms with Gasteiger partial charge in [-0.1, -0.05) is 90.9 Å². The first kappa shape index (κ1) is 26.9. The summed E-state index contributed by atoms with van der Waals surface area (Å²) in [5.41, 5.74) is 0. The highest BCUT2D eigenvalue weighted by molar-refractivity contribution is 5.69. The monoisotopic (exact) mass is 398 g/mol. The van der Waals surface area contributed by atoms with Crippen molar-refractivity contribution < 1.29 is 19.1 Å². The number of rotatable bonds is 21. The molecule has 4 nitrogen and oxygen atoms in total. The normalized spacial score (nSPS) is 10.8. The summed E-state index contributed by atoms with van der Waals surface area (Å²) in [6.07, 6.45) is 19.8. The molecule has 0 aliphatic carbocycles. The van der Waals surface area contributed by atoms with Gasteiger partial charge in [0.25, 0.3) is 0 Å². The maximum atomic E-state index is 11.5. The lowest BCUT2D eigenvalue weighted by Crippen LogP contribution is -2.05. The molecule has 0 aromatic carbocycles. The van der Waals surface area contributed by atoms with Gasteiger partial charge in [-0.25, -0.2) is 0 Å². The van der Waals surface area contributed by atoms with E-state index in [0.717, 1.165) is 51.4 Å². The number of hydrogen-bond donors (Lipinski definition) is 0. The highest BCUT2D eigenvalue weighted by Crippen LogP contribution is 2.13. The fraction of sp³-hybridized carbons (Fsp3) is 0.917. The van der Waals surface area contributed by atoms with Crippen LogP contribution in [0.2, 0.25) is 0 Å². The van der Waals surface area contributed by atoms with E-state index in [-0.39, 0.29) is 11.9 Å². The molecule has 0 fully saturated rings. The Hall–Kier alpha value is -1.06. The Morgan fingerprint density at radius 1 is 0.464 bits per heavy atom. The average Bonchev–Trinajstić information content (AvgIpc) is 2.68. The van der Waals surface area contributed by atoms with Crippen molar-refractivity contribution in [2.45, 2.75) is 129 Å². The Bertz CT molecular complexity index is 321. The zero-order chi connectivity index (χ0) is 20.7. The highest BCUT2D eigenvalue weighted by atomic mass is 16.5. The van der Waals surface area contributed by atoms with Crippen LogP contribution in [0.3, 0.4) is 0 Å². The Morgan fingerprint density at radius 2 is 0.750 bits per heavy atom. The molecule has 0 rings (SSSR count). The molecule has 0 amide bonds. The van der Waals surface area contributed by atoms with E-state index in [1.165, 1.54) is 51.4 Å². The van der Waals surface area contributed by atoms with Crippen molar-refractivity contribution in [3.63, 3.8) is 0 Å². The molecule has 0 bridgehead atoms. The Labute approximate surface area is 174 Å². The lowest BCUT2D eigenvalue weighted by atomic mass is 10.0. The molecule has 4 heteroatoms. The van der Waals surface area contributed by atoms with E-state index < -0.39 is 0 Å². The van der Waals surface area contributed by atoms with Gasteiger partial charge >= 0.3 is 11.9 Å². The number of hydrogen-bond acceptors (Lipinski definition) is 4. The van der Waals surface area contributed by atoms with Crippen LogP contribution in [-0.2, 0) is 19.1 Å². The molecule has 0 saturated heterocycles. The maximum absolute atomic E-state index is 11.5. The number of carbonyl (C=O) groups is 2. The summed E-state index contributed by atoms with van der Waals surface area (Å²) < 4.78 is 10.3. The van der Waals surface area contributed by atoms with Crippen molar-refractivity contribution in [1.82, 2.24) is 0 Å². The van der Waals surface area contributed by atoms with E-state index in [1.54, 1.807) is 0 Å². The lowest BCUT2D eigenvalue weighted by molar-refractivity contribution is -0.144. The molecule has 0 unspecified atom stereocenters. The molecular formula is C24H46O4. The summed E-state index contributed by atoms with van der Waals surface area (Å²) in [7, 11) is 0. The topological polar surface area (TPSA) is 52.6 Å². The zero-order valence-electron chi connectivity index (χ0n) is 18.8. The number of esters is 2. The molecule has 0 aromatic rings. The van der Waals surface area contributed by atoms with E-state index in [2.05, 4.69) is 13.8 Å². The number of ether oxygens (including phenoxy) is 2. The van der Waals surface area contributed by atoms with Gasteiger partial charge < -0.3 is 9.47 Å². The predicted molar refractivity (Wildman–Crippen MR) is 116 cm³/mol. The van der Waals surface area contributed by atoms with Gasteiger partial charge in [0.1, 0.15) is 0 Å². The van der Waals surface area contributed by atoms with E-state index in [4.69, 9.17) is 9.47 Å². The molecule has 0 radical (unpaired) electrons. The zero-order valence-corrected chi connectivity index (χ0v) is 18.8. The van der Waals surface area contributed by atoms with E-state index in [1.807, 2.05) is 0 Å². The number of carbonyl (C=O) groups excluding carboxylic acids is 2. The van der Waals surface area contributed by atoms with Gasteiger partial charge in [0.05, 0.1) is 13.2 Å². The number of unbranched alkanes of at least 4 members (excludes halogenated alkanes) is 13. The molecule has 0 N–H and O–H groups in total. The fourth-order valence-corrected chi connectivity index (χ4v) is 3.11. The molecule has 0 atom stereocenters. The first-order valence-corrected chi connectivity index (χ1v) is 12.0. The fourth-order valence-electron chi connectivity index (χ4n) is 3.11. The first-order valence-electron chi connectivity index (χ1n) is 12.0. The van der Waals surface area contributed by atoms with Crippen LogP contribution in [0.15, 0.2) is 0 Å². The predicted octanol–water partition coefficient (Wildman–Crippen LogP) is 7.13. The largest absolute Gasteiger partial charge is 0.466 e. The van der Waals surface area contributed by atoms with E-state index in [9.17, 15) is 9.59 Å². The van der Waals surface area contributed by atoms with Crippen molar-refractivity contribution in [2.24, 2.45) is 0 Å². The van der Waals surface area contributed by atoms with Gasteiger partial charge in [0.15, 0.2) is 0 Å². The van der Waals surface area contributed by atoms with Crippen molar-refractivity contribution in [3.8, 4) is 0 Å². The standard InChI is InChI=1S/C24H46O4/c1-3-5-21-27-23(25)19-17-15-13-11-9-7-8-10-12-14-16-18-20-24(26)28-22-6-4-2/h3-22H2,1-2H3. The molecule has 0 aliphatic rings. The van der Waals surface area contributed by atoms with Crippen LogP contribution >= 0.6 is 0 Å². The van der Waals surface area contributed by atoms with Crippen LogP contribution in [0.4, 0.5) is 0 Å². The maximum Gasteiger partial charge on any atom is 0.305 e. The second kappa shape index (κ2) is 22.2. The minimum absolute atomic E-state index is 0.0261. The summed E-state index contributed by atoms with van der Waals surface area (Å²) in [5, 5.41) is 0. The quantitative estimate of drug-likeness (QED) is 0.152.